The maximum absolute atomic E-state index is 11.1. The van der Waals surface area contributed by atoms with E-state index in [9.17, 15) is 4.79 Å². The molecule has 0 unspecified atom stereocenters. The number of methoxy groups -OCH3 is 2. The number of carbonyl (C=O) groups is 1. The Labute approximate surface area is 89.9 Å². The number of ether oxygens (including phenoxy) is 2. The van der Waals surface area contributed by atoms with E-state index in [1.807, 2.05) is 12.2 Å². The van der Waals surface area contributed by atoms with E-state index < -0.39 is 12.3 Å². The molecule has 0 saturated heterocycles. The van der Waals surface area contributed by atoms with Crippen molar-refractivity contribution in [3.63, 3.8) is 0 Å². The standard InChI is InChI=1S/C11H18O4/c1-14-11(15-2)9-7-5-3-4-6-8(9)10(12)13/h3,5,8-9,11H,4,6-7H2,1-2H3,(H,12,13)/t8-,9-/m1/s1. The fraction of sp³-hybridized carbons (Fsp3) is 0.727. The van der Waals surface area contributed by atoms with Crippen LogP contribution in [-0.2, 0) is 14.3 Å². The third-order valence-corrected chi connectivity index (χ3v) is 2.87. The SMILES string of the molecule is COC(OC)[C@@H]1CC=CCC[C@H]1C(=O)O. The second-order valence-corrected chi connectivity index (χ2v) is 3.73. The van der Waals surface area contributed by atoms with Gasteiger partial charge in [-0.2, -0.15) is 0 Å². The molecule has 0 bridgehead atoms. The zero-order valence-corrected chi connectivity index (χ0v) is 9.18. The van der Waals surface area contributed by atoms with Crippen LogP contribution in [0.3, 0.4) is 0 Å². The van der Waals surface area contributed by atoms with Crippen LogP contribution in [0, 0.1) is 11.8 Å². The first-order chi connectivity index (χ1) is 7.20. The van der Waals surface area contributed by atoms with Gasteiger partial charge in [-0.3, -0.25) is 4.79 Å². The monoisotopic (exact) mass is 214 g/mol. The predicted molar refractivity (Wildman–Crippen MR) is 55.4 cm³/mol. The van der Waals surface area contributed by atoms with Gasteiger partial charge in [0, 0.05) is 20.1 Å². The largest absolute Gasteiger partial charge is 0.481 e. The van der Waals surface area contributed by atoms with Gasteiger partial charge in [0.1, 0.15) is 0 Å². The molecule has 0 amide bonds. The molecule has 0 radical (unpaired) electrons. The van der Waals surface area contributed by atoms with Crippen LogP contribution in [0.25, 0.3) is 0 Å². The van der Waals surface area contributed by atoms with E-state index in [-0.39, 0.29) is 11.8 Å². The number of carboxylic acids is 1. The molecule has 1 N–H and O–H groups in total. The van der Waals surface area contributed by atoms with Gasteiger partial charge in [0.15, 0.2) is 6.29 Å². The van der Waals surface area contributed by atoms with Gasteiger partial charge in [0.05, 0.1) is 5.92 Å². The third-order valence-electron chi connectivity index (χ3n) is 2.87. The summed E-state index contributed by atoms with van der Waals surface area (Å²) in [6.07, 6.45) is 5.77. The Morgan fingerprint density at radius 2 is 2.07 bits per heavy atom. The Kier molecular flexibility index (Phi) is 4.78. The minimum absolute atomic E-state index is 0.101. The van der Waals surface area contributed by atoms with E-state index in [2.05, 4.69) is 0 Å². The second-order valence-electron chi connectivity index (χ2n) is 3.73. The smallest absolute Gasteiger partial charge is 0.306 e. The maximum Gasteiger partial charge on any atom is 0.306 e. The summed E-state index contributed by atoms with van der Waals surface area (Å²) < 4.78 is 10.3. The van der Waals surface area contributed by atoms with Gasteiger partial charge < -0.3 is 14.6 Å². The van der Waals surface area contributed by atoms with Crippen LogP contribution in [0.15, 0.2) is 12.2 Å². The van der Waals surface area contributed by atoms with E-state index >= 15 is 0 Å². The molecular formula is C11H18O4. The van der Waals surface area contributed by atoms with Gasteiger partial charge in [-0.05, 0) is 19.3 Å². The molecule has 0 heterocycles. The van der Waals surface area contributed by atoms with Crippen molar-refractivity contribution in [2.75, 3.05) is 14.2 Å². The molecule has 0 aromatic heterocycles. The first-order valence-corrected chi connectivity index (χ1v) is 5.14. The zero-order chi connectivity index (χ0) is 11.3. The van der Waals surface area contributed by atoms with Crippen molar-refractivity contribution in [2.45, 2.75) is 25.6 Å². The average molecular weight is 214 g/mol. The lowest BCUT2D eigenvalue weighted by Gasteiger charge is -2.27. The van der Waals surface area contributed by atoms with E-state index in [1.165, 1.54) is 0 Å². The summed E-state index contributed by atoms with van der Waals surface area (Å²) in [5.41, 5.74) is 0. The minimum atomic E-state index is -0.761. The Morgan fingerprint density at radius 1 is 1.40 bits per heavy atom. The lowest BCUT2D eigenvalue weighted by atomic mass is 9.87. The predicted octanol–water partition coefficient (Wildman–Crippen LogP) is 1.66. The van der Waals surface area contributed by atoms with Crippen LogP contribution in [0.5, 0.6) is 0 Å². The number of hydrogen-bond acceptors (Lipinski definition) is 3. The Bertz CT molecular complexity index is 233. The highest BCUT2D eigenvalue weighted by Crippen LogP contribution is 2.29. The molecule has 0 aliphatic heterocycles. The highest BCUT2D eigenvalue weighted by Gasteiger charge is 2.34. The molecular weight excluding hydrogens is 196 g/mol. The van der Waals surface area contributed by atoms with Crippen molar-refractivity contribution < 1.29 is 19.4 Å². The first-order valence-electron chi connectivity index (χ1n) is 5.14. The summed E-state index contributed by atoms with van der Waals surface area (Å²) in [7, 11) is 3.09. The van der Waals surface area contributed by atoms with Crippen LogP contribution in [0.1, 0.15) is 19.3 Å². The van der Waals surface area contributed by atoms with Crippen molar-refractivity contribution in [3.8, 4) is 0 Å². The molecule has 1 rings (SSSR count). The van der Waals surface area contributed by atoms with Gasteiger partial charge >= 0.3 is 5.97 Å². The summed E-state index contributed by atoms with van der Waals surface area (Å²) in [5.74, 6) is -1.25. The normalized spacial score (nSPS) is 26.6. The number of rotatable bonds is 4. The van der Waals surface area contributed by atoms with E-state index in [0.717, 1.165) is 6.42 Å². The average Bonchev–Trinajstić information content (AvgIpc) is 2.45. The van der Waals surface area contributed by atoms with Gasteiger partial charge in [-0.15, -0.1) is 0 Å². The fourth-order valence-corrected chi connectivity index (χ4v) is 2.08. The van der Waals surface area contributed by atoms with Crippen LogP contribution < -0.4 is 0 Å². The molecule has 2 atom stereocenters. The topological polar surface area (TPSA) is 55.8 Å². The molecule has 0 saturated carbocycles. The van der Waals surface area contributed by atoms with Crippen LogP contribution >= 0.6 is 0 Å². The molecule has 86 valence electrons. The van der Waals surface area contributed by atoms with Gasteiger partial charge in [0.25, 0.3) is 0 Å². The Morgan fingerprint density at radius 3 is 2.60 bits per heavy atom. The van der Waals surface area contributed by atoms with Gasteiger partial charge in [0.2, 0.25) is 0 Å². The third kappa shape index (κ3) is 3.04. The second kappa shape index (κ2) is 5.88. The summed E-state index contributed by atoms with van der Waals surface area (Å²) in [5, 5.41) is 9.13. The highest BCUT2D eigenvalue weighted by molar-refractivity contribution is 5.70. The molecule has 4 heteroatoms. The van der Waals surface area contributed by atoms with Gasteiger partial charge in [-0.1, -0.05) is 12.2 Å². The van der Waals surface area contributed by atoms with Crippen LogP contribution in [-0.4, -0.2) is 31.6 Å². The Hall–Kier alpha value is -0.870. The molecule has 1 aliphatic rings. The van der Waals surface area contributed by atoms with Crippen molar-refractivity contribution in [1.82, 2.24) is 0 Å². The molecule has 0 aromatic rings. The number of allylic oxidation sites excluding steroid dienone is 2. The number of aliphatic carboxylic acids is 1. The zero-order valence-electron chi connectivity index (χ0n) is 9.18. The quantitative estimate of drug-likeness (QED) is 0.571. The van der Waals surface area contributed by atoms with E-state index in [0.29, 0.717) is 12.8 Å². The molecule has 0 spiro atoms. The molecule has 1 aliphatic carbocycles. The summed E-state index contributed by atoms with van der Waals surface area (Å²) in [4.78, 5) is 11.1. The highest BCUT2D eigenvalue weighted by atomic mass is 16.7. The van der Waals surface area contributed by atoms with Crippen molar-refractivity contribution in [3.05, 3.63) is 12.2 Å². The molecule has 4 nitrogen and oxygen atoms in total. The van der Waals surface area contributed by atoms with Crippen LogP contribution in [0.2, 0.25) is 0 Å². The first kappa shape index (κ1) is 12.2. The number of carboxylic acid groups (broad SMARTS) is 1. The minimum Gasteiger partial charge on any atom is -0.481 e. The van der Waals surface area contributed by atoms with Crippen molar-refractivity contribution in [1.29, 1.82) is 0 Å². The number of hydrogen-bond donors (Lipinski definition) is 1. The summed E-state index contributed by atoms with van der Waals surface area (Å²) in [6, 6.07) is 0. The molecule has 0 fully saturated rings. The summed E-state index contributed by atoms with van der Waals surface area (Å²) in [6.45, 7) is 0. The maximum atomic E-state index is 11.1. The van der Waals surface area contributed by atoms with E-state index in [1.54, 1.807) is 14.2 Å². The van der Waals surface area contributed by atoms with Crippen molar-refractivity contribution in [2.24, 2.45) is 11.8 Å². The fourth-order valence-electron chi connectivity index (χ4n) is 2.08. The lowest BCUT2D eigenvalue weighted by Crippen LogP contribution is -2.34. The van der Waals surface area contributed by atoms with E-state index in [4.69, 9.17) is 14.6 Å². The molecule has 0 aromatic carbocycles. The van der Waals surface area contributed by atoms with Gasteiger partial charge in [-0.25, -0.2) is 0 Å². The summed E-state index contributed by atoms with van der Waals surface area (Å²) >= 11 is 0. The lowest BCUT2D eigenvalue weighted by molar-refractivity contribution is -0.167. The Balaban J connectivity index is 2.77. The molecule has 15 heavy (non-hydrogen) atoms. The van der Waals surface area contributed by atoms with Crippen molar-refractivity contribution >= 4 is 5.97 Å². The van der Waals surface area contributed by atoms with Crippen LogP contribution in [0.4, 0.5) is 0 Å².